The normalized spacial score (nSPS) is 13.7. The monoisotopic (exact) mass is 866 g/mol. The Kier molecular flexibility index (Phi) is 14.5. The molecule has 0 heterocycles. The lowest BCUT2D eigenvalue weighted by atomic mass is 9.70. The number of hydrogen-bond donors (Lipinski definition) is 0. The highest BCUT2D eigenvalue weighted by atomic mass is 15.1. The maximum atomic E-state index is 2.64. The fourth-order valence-electron chi connectivity index (χ4n) is 11.4. The zero-order valence-electron chi connectivity index (χ0n) is 40.3. The molecule has 1 heteroatoms. The highest BCUT2D eigenvalue weighted by molar-refractivity contribution is 6.08. The first-order valence-corrected chi connectivity index (χ1v) is 25.8. The Morgan fingerprint density at radius 1 is 0.364 bits per heavy atom. The van der Waals surface area contributed by atoms with Crippen LogP contribution >= 0.6 is 0 Å². The van der Waals surface area contributed by atoms with E-state index in [1.165, 1.54) is 173 Å². The van der Waals surface area contributed by atoms with E-state index in [9.17, 15) is 0 Å². The molecule has 336 valence electrons. The Balaban J connectivity index is 1.14. The molecule has 2 aliphatic carbocycles. The van der Waals surface area contributed by atoms with Gasteiger partial charge in [0.15, 0.2) is 0 Å². The van der Waals surface area contributed by atoms with Crippen LogP contribution in [0.5, 0.6) is 0 Å². The van der Waals surface area contributed by atoms with Crippen LogP contribution in [0.15, 0.2) is 158 Å². The summed E-state index contributed by atoms with van der Waals surface area (Å²) in [5.41, 5.74) is 22.9. The average molecular weight is 866 g/mol. The molecule has 0 N–H and O–H groups in total. The van der Waals surface area contributed by atoms with Crippen molar-refractivity contribution in [1.82, 2.24) is 0 Å². The number of hydrogen-bond acceptors (Lipinski definition) is 1. The van der Waals surface area contributed by atoms with Gasteiger partial charge in [0, 0.05) is 24.2 Å². The molecule has 0 aliphatic heterocycles. The third kappa shape index (κ3) is 9.37. The smallest absolute Gasteiger partial charge is 0.0366 e. The lowest BCUT2D eigenvalue weighted by molar-refractivity contribution is 0.398. The summed E-state index contributed by atoms with van der Waals surface area (Å²) in [6.07, 6.45) is 20.7. The van der Waals surface area contributed by atoms with E-state index >= 15 is 0 Å². The van der Waals surface area contributed by atoms with E-state index in [2.05, 4.69) is 196 Å². The van der Waals surface area contributed by atoms with E-state index in [0.717, 1.165) is 13.1 Å². The molecule has 0 atom stereocenters. The van der Waals surface area contributed by atoms with Crippen molar-refractivity contribution in [2.24, 2.45) is 0 Å². The molecular formula is C65H71N. The van der Waals surface area contributed by atoms with E-state index in [-0.39, 0.29) is 5.41 Å². The Morgan fingerprint density at radius 2 is 0.773 bits per heavy atom. The quantitative estimate of drug-likeness (QED) is 0.0651. The van der Waals surface area contributed by atoms with Gasteiger partial charge in [0.25, 0.3) is 0 Å². The van der Waals surface area contributed by atoms with Crippen molar-refractivity contribution in [3.05, 3.63) is 186 Å². The summed E-state index contributed by atoms with van der Waals surface area (Å²) in [4.78, 5) is 2.42. The van der Waals surface area contributed by atoms with Crippen LogP contribution in [0.1, 0.15) is 145 Å². The van der Waals surface area contributed by atoms with Gasteiger partial charge in [0.2, 0.25) is 0 Å². The van der Waals surface area contributed by atoms with Gasteiger partial charge in [-0.05, 0) is 158 Å². The predicted octanol–water partition coefficient (Wildman–Crippen LogP) is 18.9. The summed E-state index contributed by atoms with van der Waals surface area (Å²) in [5.74, 6) is 0. The summed E-state index contributed by atoms with van der Waals surface area (Å²) in [6.45, 7) is 11.1. The van der Waals surface area contributed by atoms with E-state index in [1.807, 2.05) is 0 Å². The number of unbranched alkanes of at least 4 members (excludes halogenated alkanes) is 10. The molecule has 0 radical (unpaired) electrons. The first-order valence-electron chi connectivity index (χ1n) is 25.8. The predicted molar refractivity (Wildman–Crippen MR) is 287 cm³/mol. The Bertz CT molecular complexity index is 2720. The van der Waals surface area contributed by atoms with Crippen LogP contribution < -0.4 is 4.90 Å². The molecule has 7 aromatic carbocycles. The number of nitrogens with zero attached hydrogens (tertiary/aromatic N) is 1. The SMILES string of the molecule is CCCCCCCCC1(CCCCCCCC)c2cc(-c3ccccc3)ccc2-c2ccc(-c3ccc4c(c3)/C(=C\c3ccc(N(CC)CC)cc3)c3cc(-c5ccccc5)ccc3-4)cc21. The Morgan fingerprint density at radius 3 is 1.24 bits per heavy atom. The van der Waals surface area contributed by atoms with Crippen LogP contribution in [0.2, 0.25) is 0 Å². The second-order valence-corrected chi connectivity index (χ2v) is 19.2. The molecule has 0 bridgehead atoms. The van der Waals surface area contributed by atoms with Gasteiger partial charge in [-0.25, -0.2) is 0 Å². The molecular weight excluding hydrogens is 795 g/mol. The standard InChI is InChI=1S/C65H71N/c1-5-9-11-13-15-23-41-65(42-24-16-14-12-10-6-2)63-46-53(50-27-21-18-22-28-50)33-39-58(63)59-40-34-54(47-64(59)65)52-32-38-57-56-37-31-51(49-25-19-17-20-26-49)44-61(56)60(62(57)45-52)43-48-29-35-55(36-30-48)66(7-3)8-4/h17-22,25-40,43-47H,5-16,23-24,41-42H2,1-4H3/b60-43-. The van der Waals surface area contributed by atoms with Crippen LogP contribution in [0.25, 0.3) is 67.3 Å². The molecule has 1 nitrogen and oxygen atoms in total. The molecule has 66 heavy (non-hydrogen) atoms. The van der Waals surface area contributed by atoms with Crippen LogP contribution in [0, 0.1) is 0 Å². The van der Waals surface area contributed by atoms with Crippen LogP contribution in [0.3, 0.4) is 0 Å². The molecule has 9 rings (SSSR count). The molecule has 0 saturated heterocycles. The van der Waals surface area contributed by atoms with Crippen molar-refractivity contribution in [2.75, 3.05) is 18.0 Å². The minimum atomic E-state index is -0.00978. The van der Waals surface area contributed by atoms with Crippen LogP contribution in [-0.4, -0.2) is 13.1 Å². The summed E-state index contributed by atoms with van der Waals surface area (Å²) < 4.78 is 0. The van der Waals surface area contributed by atoms with Crippen molar-refractivity contribution in [3.63, 3.8) is 0 Å². The lowest BCUT2D eigenvalue weighted by Gasteiger charge is -2.33. The van der Waals surface area contributed by atoms with E-state index in [4.69, 9.17) is 0 Å². The van der Waals surface area contributed by atoms with E-state index in [1.54, 1.807) is 11.1 Å². The molecule has 2 aliphatic rings. The number of benzene rings is 7. The first kappa shape index (κ1) is 45.2. The highest BCUT2D eigenvalue weighted by Gasteiger charge is 2.42. The summed E-state index contributed by atoms with van der Waals surface area (Å²) >= 11 is 0. The minimum absolute atomic E-state index is 0.00978. The molecule has 0 spiro atoms. The molecule has 0 fully saturated rings. The van der Waals surface area contributed by atoms with Gasteiger partial charge in [0.1, 0.15) is 0 Å². The van der Waals surface area contributed by atoms with Crippen LogP contribution in [0.4, 0.5) is 5.69 Å². The van der Waals surface area contributed by atoms with Gasteiger partial charge >= 0.3 is 0 Å². The molecule has 0 saturated carbocycles. The largest absolute Gasteiger partial charge is 0.372 e. The number of rotatable bonds is 21. The molecule has 0 unspecified atom stereocenters. The van der Waals surface area contributed by atoms with E-state index in [0.29, 0.717) is 0 Å². The van der Waals surface area contributed by atoms with Crippen molar-refractivity contribution >= 4 is 17.3 Å². The van der Waals surface area contributed by atoms with Gasteiger partial charge in [0.05, 0.1) is 0 Å². The third-order valence-corrected chi connectivity index (χ3v) is 15.1. The second-order valence-electron chi connectivity index (χ2n) is 19.2. The fraction of sp³-hybridized carbons (Fsp3) is 0.323. The molecule has 7 aromatic rings. The molecule has 0 aromatic heterocycles. The first-order chi connectivity index (χ1) is 32.5. The number of anilines is 1. The maximum absolute atomic E-state index is 2.64. The number of fused-ring (bicyclic) bond motifs is 6. The highest BCUT2D eigenvalue weighted by Crippen LogP contribution is 2.56. The van der Waals surface area contributed by atoms with Crippen molar-refractivity contribution in [3.8, 4) is 55.6 Å². The maximum Gasteiger partial charge on any atom is 0.0366 e. The van der Waals surface area contributed by atoms with E-state index < -0.39 is 0 Å². The zero-order chi connectivity index (χ0) is 45.3. The second kappa shape index (κ2) is 21.1. The Labute approximate surface area is 397 Å². The molecule has 0 amide bonds. The van der Waals surface area contributed by atoms with Crippen molar-refractivity contribution < 1.29 is 0 Å². The zero-order valence-corrected chi connectivity index (χ0v) is 40.3. The lowest BCUT2D eigenvalue weighted by Crippen LogP contribution is -2.25. The van der Waals surface area contributed by atoms with Crippen molar-refractivity contribution in [1.29, 1.82) is 0 Å². The summed E-state index contributed by atoms with van der Waals surface area (Å²) in [5, 5.41) is 0. The minimum Gasteiger partial charge on any atom is -0.372 e. The van der Waals surface area contributed by atoms with Gasteiger partial charge in [-0.2, -0.15) is 0 Å². The van der Waals surface area contributed by atoms with Gasteiger partial charge in [-0.1, -0.05) is 212 Å². The average Bonchev–Trinajstić information content (AvgIpc) is 3.82. The van der Waals surface area contributed by atoms with Gasteiger partial charge < -0.3 is 4.90 Å². The fourth-order valence-corrected chi connectivity index (χ4v) is 11.4. The van der Waals surface area contributed by atoms with Gasteiger partial charge in [-0.15, -0.1) is 0 Å². The summed E-state index contributed by atoms with van der Waals surface area (Å²) in [7, 11) is 0. The topological polar surface area (TPSA) is 3.24 Å². The van der Waals surface area contributed by atoms with Gasteiger partial charge in [-0.3, -0.25) is 0 Å². The van der Waals surface area contributed by atoms with Crippen molar-refractivity contribution in [2.45, 2.75) is 123 Å². The third-order valence-electron chi connectivity index (χ3n) is 15.1. The Hall–Kier alpha value is -5.92. The van der Waals surface area contributed by atoms with Crippen LogP contribution in [-0.2, 0) is 5.41 Å². The summed E-state index contributed by atoms with van der Waals surface area (Å²) in [6, 6.07) is 60.5.